The Kier molecular flexibility index (Phi) is 3.17. The molecule has 0 fully saturated rings. The average Bonchev–Trinajstić information content (AvgIpc) is 2.28. The number of hydrogen-bond acceptors (Lipinski definition) is 2. The third-order valence-electron chi connectivity index (χ3n) is 1.45. The van der Waals surface area contributed by atoms with E-state index in [1.807, 2.05) is 18.2 Å². The fourth-order valence-electron chi connectivity index (χ4n) is 0.892. The van der Waals surface area contributed by atoms with Crippen molar-refractivity contribution in [1.29, 1.82) is 0 Å². The Balaban J connectivity index is 2.50. The van der Waals surface area contributed by atoms with Crippen molar-refractivity contribution in [2.75, 3.05) is 6.54 Å². The third kappa shape index (κ3) is 3.08. The summed E-state index contributed by atoms with van der Waals surface area (Å²) in [5.41, 5.74) is 3.71. The van der Waals surface area contributed by atoms with Crippen molar-refractivity contribution in [2.24, 2.45) is 0 Å². The standard InChI is InChI=1S/C9H11NO2/c11-9(12)7-10-8-5-3-1-2-4-6-8/h3-5,10H,1-2,7H2,(H,11,12). The van der Waals surface area contributed by atoms with Crippen LogP contribution in [-0.4, -0.2) is 17.6 Å². The van der Waals surface area contributed by atoms with Crippen LogP contribution in [-0.2, 0) is 4.79 Å². The fraction of sp³-hybridized carbons (Fsp3) is 0.333. The normalized spacial score (nSPS) is 15.2. The molecular weight excluding hydrogens is 154 g/mol. The summed E-state index contributed by atoms with van der Waals surface area (Å²) in [5, 5.41) is 11.1. The van der Waals surface area contributed by atoms with Crippen LogP contribution in [0.25, 0.3) is 0 Å². The second-order valence-electron chi connectivity index (χ2n) is 2.49. The van der Waals surface area contributed by atoms with E-state index in [1.165, 1.54) is 0 Å². The first-order valence-corrected chi connectivity index (χ1v) is 3.86. The summed E-state index contributed by atoms with van der Waals surface area (Å²) < 4.78 is 0. The monoisotopic (exact) mass is 165 g/mol. The minimum atomic E-state index is -0.859. The molecule has 0 unspecified atom stereocenters. The molecule has 12 heavy (non-hydrogen) atoms. The Morgan fingerprint density at radius 3 is 3.25 bits per heavy atom. The molecule has 1 rings (SSSR count). The highest BCUT2D eigenvalue weighted by atomic mass is 16.4. The first-order valence-electron chi connectivity index (χ1n) is 3.86. The summed E-state index contributed by atoms with van der Waals surface area (Å²) in [6, 6.07) is 0. The number of aliphatic carboxylic acids is 1. The van der Waals surface area contributed by atoms with Gasteiger partial charge in [-0.25, -0.2) is 0 Å². The van der Waals surface area contributed by atoms with Crippen molar-refractivity contribution in [3.8, 4) is 0 Å². The molecule has 3 nitrogen and oxygen atoms in total. The van der Waals surface area contributed by atoms with Crippen LogP contribution in [0.1, 0.15) is 12.8 Å². The van der Waals surface area contributed by atoms with Crippen LogP contribution >= 0.6 is 0 Å². The summed E-state index contributed by atoms with van der Waals surface area (Å²) in [6.07, 6.45) is 7.72. The van der Waals surface area contributed by atoms with Crippen molar-refractivity contribution in [2.45, 2.75) is 12.8 Å². The number of carboxylic acids is 1. The molecule has 1 aliphatic carbocycles. The van der Waals surface area contributed by atoms with Crippen molar-refractivity contribution < 1.29 is 9.90 Å². The van der Waals surface area contributed by atoms with Crippen LogP contribution < -0.4 is 5.32 Å². The predicted octanol–water partition coefficient (Wildman–Crippen LogP) is 1.05. The Morgan fingerprint density at radius 1 is 1.67 bits per heavy atom. The number of hydrogen-bond donors (Lipinski definition) is 2. The Morgan fingerprint density at radius 2 is 2.50 bits per heavy atom. The Bertz CT molecular complexity index is 260. The van der Waals surface area contributed by atoms with Gasteiger partial charge < -0.3 is 10.4 Å². The lowest BCUT2D eigenvalue weighted by Gasteiger charge is -1.99. The quantitative estimate of drug-likeness (QED) is 0.614. The van der Waals surface area contributed by atoms with E-state index in [4.69, 9.17) is 5.11 Å². The van der Waals surface area contributed by atoms with Gasteiger partial charge in [0.15, 0.2) is 0 Å². The molecule has 0 heterocycles. The van der Waals surface area contributed by atoms with Gasteiger partial charge in [-0.3, -0.25) is 4.79 Å². The molecule has 0 saturated heterocycles. The van der Waals surface area contributed by atoms with Crippen LogP contribution in [0.3, 0.4) is 0 Å². The second kappa shape index (κ2) is 4.42. The first-order chi connectivity index (χ1) is 5.79. The number of carboxylic acid groups (broad SMARTS) is 1. The van der Waals surface area contributed by atoms with Gasteiger partial charge in [-0.15, -0.1) is 0 Å². The molecule has 0 radical (unpaired) electrons. The number of nitrogens with one attached hydrogen (secondary N) is 1. The molecule has 0 aromatic rings. The lowest BCUT2D eigenvalue weighted by molar-refractivity contribution is -0.135. The van der Waals surface area contributed by atoms with E-state index in [9.17, 15) is 4.79 Å². The smallest absolute Gasteiger partial charge is 0.322 e. The van der Waals surface area contributed by atoms with E-state index in [1.54, 1.807) is 0 Å². The molecule has 64 valence electrons. The zero-order chi connectivity index (χ0) is 8.81. The molecule has 2 N–H and O–H groups in total. The van der Waals surface area contributed by atoms with Crippen LogP contribution in [0.15, 0.2) is 29.7 Å². The summed E-state index contributed by atoms with van der Waals surface area (Å²) >= 11 is 0. The van der Waals surface area contributed by atoms with Gasteiger partial charge in [0.1, 0.15) is 6.54 Å². The van der Waals surface area contributed by atoms with Gasteiger partial charge in [-0.05, 0) is 25.0 Å². The number of carbonyl (C=O) groups is 1. The van der Waals surface area contributed by atoms with Crippen molar-refractivity contribution in [3.63, 3.8) is 0 Å². The predicted molar refractivity (Wildman–Crippen MR) is 45.6 cm³/mol. The summed E-state index contributed by atoms with van der Waals surface area (Å²) in [4.78, 5) is 10.2. The molecule has 0 aromatic carbocycles. The van der Waals surface area contributed by atoms with E-state index in [-0.39, 0.29) is 6.54 Å². The molecule has 0 atom stereocenters. The molecule has 0 amide bonds. The number of rotatable bonds is 3. The fourth-order valence-corrected chi connectivity index (χ4v) is 0.892. The maximum Gasteiger partial charge on any atom is 0.322 e. The summed E-state index contributed by atoms with van der Waals surface area (Å²) in [5.74, 6) is -0.859. The maximum atomic E-state index is 10.2. The van der Waals surface area contributed by atoms with Gasteiger partial charge in [-0.1, -0.05) is 11.8 Å². The topological polar surface area (TPSA) is 49.3 Å². The largest absolute Gasteiger partial charge is 0.480 e. The molecule has 0 aromatic heterocycles. The van der Waals surface area contributed by atoms with E-state index in [0.29, 0.717) is 0 Å². The zero-order valence-electron chi connectivity index (χ0n) is 6.71. The van der Waals surface area contributed by atoms with Crippen molar-refractivity contribution >= 4 is 5.97 Å². The zero-order valence-corrected chi connectivity index (χ0v) is 6.71. The van der Waals surface area contributed by atoms with Crippen LogP contribution in [0, 0.1) is 0 Å². The highest BCUT2D eigenvalue weighted by Gasteiger charge is 1.96. The van der Waals surface area contributed by atoms with Gasteiger partial charge in [-0.2, -0.15) is 0 Å². The maximum absolute atomic E-state index is 10.2. The van der Waals surface area contributed by atoms with E-state index >= 15 is 0 Å². The number of allylic oxidation sites excluding steroid dienone is 2. The van der Waals surface area contributed by atoms with Gasteiger partial charge in [0.25, 0.3) is 0 Å². The van der Waals surface area contributed by atoms with Crippen LogP contribution in [0.5, 0.6) is 0 Å². The lowest BCUT2D eigenvalue weighted by atomic mass is 10.3. The lowest BCUT2D eigenvalue weighted by Crippen LogP contribution is -2.20. The van der Waals surface area contributed by atoms with Crippen molar-refractivity contribution in [3.05, 3.63) is 29.7 Å². The van der Waals surface area contributed by atoms with Crippen molar-refractivity contribution in [1.82, 2.24) is 5.32 Å². The van der Waals surface area contributed by atoms with Gasteiger partial charge in [0.05, 0.1) is 5.70 Å². The van der Waals surface area contributed by atoms with Gasteiger partial charge >= 0.3 is 5.97 Å². The molecular formula is C9H11NO2. The van der Waals surface area contributed by atoms with E-state index < -0.39 is 5.97 Å². The molecule has 0 saturated carbocycles. The van der Waals surface area contributed by atoms with Gasteiger partial charge in [0, 0.05) is 0 Å². The van der Waals surface area contributed by atoms with Crippen LogP contribution in [0.2, 0.25) is 0 Å². The molecule has 0 spiro atoms. The minimum absolute atomic E-state index is 0.0550. The summed E-state index contributed by atoms with van der Waals surface area (Å²) in [6.45, 7) is -0.0550. The second-order valence-corrected chi connectivity index (χ2v) is 2.49. The molecule has 3 heteroatoms. The van der Waals surface area contributed by atoms with E-state index in [0.717, 1.165) is 18.5 Å². The third-order valence-corrected chi connectivity index (χ3v) is 1.45. The molecule has 1 aliphatic rings. The minimum Gasteiger partial charge on any atom is -0.480 e. The SMILES string of the molecule is O=C(O)CNC1=C=CCCC=C1. The first kappa shape index (κ1) is 8.62. The van der Waals surface area contributed by atoms with E-state index in [2.05, 4.69) is 11.0 Å². The highest BCUT2D eigenvalue weighted by Crippen LogP contribution is 2.00. The average molecular weight is 165 g/mol. The Hall–Kier alpha value is -1.47. The summed E-state index contributed by atoms with van der Waals surface area (Å²) in [7, 11) is 0. The van der Waals surface area contributed by atoms with Crippen LogP contribution in [0.4, 0.5) is 0 Å². The molecule has 0 aliphatic heterocycles. The highest BCUT2D eigenvalue weighted by molar-refractivity contribution is 5.69. The van der Waals surface area contributed by atoms with Gasteiger partial charge in [0.2, 0.25) is 0 Å². The molecule has 0 bridgehead atoms. The Labute approximate surface area is 71.1 Å².